The molecule has 134 valence electrons. The summed E-state index contributed by atoms with van der Waals surface area (Å²) in [5, 5.41) is 10.2. The highest BCUT2D eigenvalue weighted by molar-refractivity contribution is 7.99. The van der Waals surface area contributed by atoms with Gasteiger partial charge in [-0.3, -0.25) is 0 Å². The van der Waals surface area contributed by atoms with Crippen LogP contribution in [0.3, 0.4) is 0 Å². The molecule has 0 atom stereocenters. The van der Waals surface area contributed by atoms with Gasteiger partial charge in [0, 0.05) is 21.9 Å². The molecule has 0 amide bonds. The van der Waals surface area contributed by atoms with Crippen molar-refractivity contribution in [3.8, 4) is 11.5 Å². The molecule has 0 aliphatic carbocycles. The Labute approximate surface area is 160 Å². The number of rotatable bonds is 7. The monoisotopic (exact) mass is 401 g/mol. The fraction of sp³-hybridized carbons (Fsp3) is 0.235. The lowest BCUT2D eigenvalue weighted by molar-refractivity contribution is -0.145. The average molecular weight is 402 g/mol. The lowest BCUT2D eigenvalue weighted by Crippen LogP contribution is -2.14. The molecule has 8 heteroatoms. The molecule has 0 aromatic heterocycles. The third-order valence-corrected chi connectivity index (χ3v) is 5.19. The Bertz CT molecular complexity index is 771. The molecule has 2 rings (SSSR count). The zero-order chi connectivity index (χ0) is 18.4. The van der Waals surface area contributed by atoms with Crippen LogP contribution in [-0.2, 0) is 16.1 Å². The Hall–Kier alpha value is -1.60. The number of aromatic hydroxyl groups is 1. The smallest absolute Gasteiger partial charge is 0.344 e. The summed E-state index contributed by atoms with van der Waals surface area (Å²) < 4.78 is 10.1. The molecule has 5 nitrogen and oxygen atoms in total. The van der Waals surface area contributed by atoms with Gasteiger partial charge in [-0.2, -0.15) is 0 Å². The van der Waals surface area contributed by atoms with Crippen molar-refractivity contribution in [2.24, 2.45) is 5.73 Å². The number of halogens is 2. The molecule has 0 aliphatic rings. The number of carbonyl (C=O) groups is 1. The number of hydrogen-bond acceptors (Lipinski definition) is 6. The van der Waals surface area contributed by atoms with Gasteiger partial charge in [0.1, 0.15) is 16.5 Å². The lowest BCUT2D eigenvalue weighted by atomic mass is 10.2. The van der Waals surface area contributed by atoms with Crippen molar-refractivity contribution in [2.45, 2.75) is 23.3 Å². The van der Waals surface area contributed by atoms with E-state index >= 15 is 0 Å². The molecule has 0 saturated carbocycles. The van der Waals surface area contributed by atoms with Crippen LogP contribution < -0.4 is 10.5 Å². The van der Waals surface area contributed by atoms with Crippen LogP contribution >= 0.6 is 35.0 Å². The van der Waals surface area contributed by atoms with Gasteiger partial charge in [-0.1, -0.05) is 35.0 Å². The molecule has 3 N–H and O–H groups in total. The van der Waals surface area contributed by atoms with E-state index in [2.05, 4.69) is 0 Å². The second kappa shape index (κ2) is 9.20. The number of phenols is 1. The minimum atomic E-state index is -0.480. The van der Waals surface area contributed by atoms with Gasteiger partial charge in [0.05, 0.1) is 11.6 Å². The van der Waals surface area contributed by atoms with Gasteiger partial charge < -0.3 is 20.3 Å². The summed E-state index contributed by atoms with van der Waals surface area (Å²) in [6.45, 7) is 1.99. The van der Waals surface area contributed by atoms with E-state index in [1.807, 2.05) is 0 Å². The Morgan fingerprint density at radius 3 is 2.68 bits per heavy atom. The van der Waals surface area contributed by atoms with E-state index in [4.69, 9.17) is 38.4 Å². The number of ether oxygens (including phenoxy) is 2. The summed E-state index contributed by atoms with van der Waals surface area (Å²) in [5.74, 6) is -0.0253. The van der Waals surface area contributed by atoms with E-state index in [0.29, 0.717) is 21.2 Å². The first-order chi connectivity index (χ1) is 12.0. The highest BCUT2D eigenvalue weighted by Crippen LogP contribution is 2.42. The molecule has 0 saturated heterocycles. The summed E-state index contributed by atoms with van der Waals surface area (Å²) in [5.41, 5.74) is 6.24. The van der Waals surface area contributed by atoms with Crippen molar-refractivity contribution in [1.29, 1.82) is 0 Å². The first-order valence-corrected chi connectivity index (χ1v) is 8.99. The van der Waals surface area contributed by atoms with Gasteiger partial charge in [0.25, 0.3) is 0 Å². The highest BCUT2D eigenvalue weighted by Gasteiger charge is 2.14. The second-order valence-electron chi connectivity index (χ2n) is 4.88. The Morgan fingerprint density at radius 2 is 2.00 bits per heavy atom. The summed E-state index contributed by atoms with van der Waals surface area (Å²) >= 11 is 13.9. The van der Waals surface area contributed by atoms with Crippen LogP contribution in [0.4, 0.5) is 0 Å². The van der Waals surface area contributed by atoms with Gasteiger partial charge in [0.2, 0.25) is 0 Å². The van der Waals surface area contributed by atoms with Gasteiger partial charge in [-0.05, 0) is 37.3 Å². The van der Waals surface area contributed by atoms with E-state index in [1.165, 1.54) is 11.8 Å². The van der Waals surface area contributed by atoms with Crippen LogP contribution in [0.25, 0.3) is 0 Å². The zero-order valence-corrected chi connectivity index (χ0v) is 15.7. The molecule has 2 aromatic rings. The number of carbonyl (C=O) groups excluding carboxylic acids is 1. The molecule has 0 spiro atoms. The van der Waals surface area contributed by atoms with Crippen LogP contribution in [0.15, 0.2) is 40.1 Å². The normalized spacial score (nSPS) is 10.6. The van der Waals surface area contributed by atoms with Crippen molar-refractivity contribution in [1.82, 2.24) is 0 Å². The van der Waals surface area contributed by atoms with Crippen molar-refractivity contribution in [3.63, 3.8) is 0 Å². The molecule has 0 unspecified atom stereocenters. The summed E-state index contributed by atoms with van der Waals surface area (Å²) in [6, 6.07) is 8.51. The van der Waals surface area contributed by atoms with Crippen molar-refractivity contribution >= 4 is 40.9 Å². The Balaban J connectivity index is 2.15. The fourth-order valence-corrected chi connectivity index (χ4v) is 3.43. The maximum Gasteiger partial charge on any atom is 0.344 e. The van der Waals surface area contributed by atoms with Crippen LogP contribution in [0.5, 0.6) is 11.5 Å². The molecule has 0 fully saturated rings. The molecular formula is C17H17Cl2NO4S. The van der Waals surface area contributed by atoms with Gasteiger partial charge >= 0.3 is 5.97 Å². The Kier molecular flexibility index (Phi) is 7.25. The second-order valence-corrected chi connectivity index (χ2v) is 6.75. The molecule has 2 aromatic carbocycles. The predicted molar refractivity (Wildman–Crippen MR) is 98.7 cm³/mol. The third-order valence-electron chi connectivity index (χ3n) is 3.16. The molecule has 0 bridgehead atoms. The fourth-order valence-electron chi connectivity index (χ4n) is 1.96. The standard InChI is InChI=1S/C17H17Cl2NO4S/c1-2-23-15(22)9-24-13-5-6-14(17(19)16(13)18)25-11-3-4-12(21)10(7-11)8-20/h3-7,21H,2,8-9,20H2,1H3. The average Bonchev–Trinajstić information content (AvgIpc) is 2.60. The molecule has 0 aliphatic heterocycles. The van der Waals surface area contributed by atoms with Gasteiger partial charge in [-0.25, -0.2) is 4.79 Å². The van der Waals surface area contributed by atoms with Crippen molar-refractivity contribution < 1.29 is 19.4 Å². The van der Waals surface area contributed by atoms with Crippen LogP contribution in [0.2, 0.25) is 10.0 Å². The first-order valence-electron chi connectivity index (χ1n) is 7.42. The van der Waals surface area contributed by atoms with Gasteiger partial charge in [-0.15, -0.1) is 0 Å². The minimum absolute atomic E-state index is 0.152. The highest BCUT2D eigenvalue weighted by atomic mass is 35.5. The molecule has 25 heavy (non-hydrogen) atoms. The SMILES string of the molecule is CCOC(=O)COc1ccc(Sc2ccc(O)c(CN)c2)c(Cl)c1Cl. The number of esters is 1. The molecule has 0 heterocycles. The third kappa shape index (κ3) is 5.19. The Morgan fingerprint density at radius 1 is 1.24 bits per heavy atom. The largest absolute Gasteiger partial charge is 0.508 e. The van der Waals surface area contributed by atoms with E-state index in [-0.39, 0.29) is 30.5 Å². The predicted octanol–water partition coefficient (Wildman–Crippen LogP) is 4.25. The summed E-state index contributed by atoms with van der Waals surface area (Å²) in [7, 11) is 0. The van der Waals surface area contributed by atoms with E-state index < -0.39 is 5.97 Å². The van der Waals surface area contributed by atoms with Crippen LogP contribution in [-0.4, -0.2) is 24.3 Å². The maximum absolute atomic E-state index is 11.4. The quantitative estimate of drug-likeness (QED) is 0.674. The molecule has 0 radical (unpaired) electrons. The van der Waals surface area contributed by atoms with E-state index in [9.17, 15) is 9.90 Å². The van der Waals surface area contributed by atoms with E-state index in [0.717, 1.165) is 4.90 Å². The van der Waals surface area contributed by atoms with Gasteiger partial charge in [0.15, 0.2) is 6.61 Å². The minimum Gasteiger partial charge on any atom is -0.508 e. The maximum atomic E-state index is 11.4. The number of hydrogen-bond donors (Lipinski definition) is 2. The van der Waals surface area contributed by atoms with E-state index in [1.54, 1.807) is 37.3 Å². The number of benzene rings is 2. The topological polar surface area (TPSA) is 81.8 Å². The van der Waals surface area contributed by atoms with Crippen LogP contribution in [0, 0.1) is 0 Å². The first kappa shape index (κ1) is 19.7. The summed E-state index contributed by atoms with van der Waals surface area (Å²) in [6.07, 6.45) is 0. The lowest BCUT2D eigenvalue weighted by Gasteiger charge is -2.12. The number of phenolic OH excluding ortho intramolecular Hbond substituents is 1. The van der Waals surface area contributed by atoms with Crippen molar-refractivity contribution in [2.75, 3.05) is 13.2 Å². The number of nitrogens with two attached hydrogens (primary N) is 1. The zero-order valence-electron chi connectivity index (χ0n) is 13.4. The molecular weight excluding hydrogens is 385 g/mol. The summed E-state index contributed by atoms with van der Waals surface area (Å²) in [4.78, 5) is 12.9. The van der Waals surface area contributed by atoms with Crippen molar-refractivity contribution in [3.05, 3.63) is 45.9 Å². The van der Waals surface area contributed by atoms with Crippen LogP contribution in [0.1, 0.15) is 12.5 Å².